The van der Waals surface area contributed by atoms with E-state index in [1.165, 1.54) is 48.5 Å². The molecule has 2 aromatic rings. The summed E-state index contributed by atoms with van der Waals surface area (Å²) in [5.74, 6) is 0.0568. The summed E-state index contributed by atoms with van der Waals surface area (Å²) >= 11 is 0. The average Bonchev–Trinajstić information content (AvgIpc) is 2.41. The van der Waals surface area contributed by atoms with Crippen LogP contribution in [0.1, 0.15) is 5.56 Å². The first kappa shape index (κ1) is 12.9. The Morgan fingerprint density at radius 3 is 2.11 bits per heavy atom. The third-order valence-corrected chi connectivity index (χ3v) is 3.81. The molecule has 0 radical (unpaired) electrons. The van der Waals surface area contributed by atoms with Crippen LogP contribution < -0.4 is 4.72 Å². The second kappa shape index (κ2) is 5.00. The van der Waals surface area contributed by atoms with Crippen LogP contribution in [0.4, 0.5) is 5.69 Å². The van der Waals surface area contributed by atoms with Crippen LogP contribution in [-0.4, -0.2) is 13.5 Å². The maximum Gasteiger partial charge on any atom is 0.261 e. The first-order chi connectivity index (χ1) is 9.01. The molecule has 0 aliphatic heterocycles. The highest BCUT2D eigenvalue weighted by Gasteiger charge is 2.13. The van der Waals surface area contributed by atoms with Crippen LogP contribution in [0.15, 0.2) is 53.4 Å². The molecular formula is C13H10N2O3S. The van der Waals surface area contributed by atoms with Crippen molar-refractivity contribution in [2.24, 2.45) is 0 Å². The fraction of sp³-hybridized carbons (Fsp3) is 0. The molecular weight excluding hydrogens is 264 g/mol. The molecule has 0 atom stereocenters. The Balaban J connectivity index is 2.27. The number of rotatable bonds is 3. The normalized spacial score (nSPS) is 10.7. The van der Waals surface area contributed by atoms with Gasteiger partial charge in [-0.1, -0.05) is 0 Å². The molecule has 0 heterocycles. The van der Waals surface area contributed by atoms with E-state index >= 15 is 0 Å². The molecule has 5 nitrogen and oxygen atoms in total. The number of phenols is 1. The molecule has 0 saturated carbocycles. The summed E-state index contributed by atoms with van der Waals surface area (Å²) in [6.45, 7) is 0. The second-order valence-corrected chi connectivity index (χ2v) is 5.47. The zero-order valence-electron chi connectivity index (χ0n) is 9.74. The zero-order chi connectivity index (χ0) is 13.9. The summed E-state index contributed by atoms with van der Waals surface area (Å²) in [5, 5.41) is 17.8. The molecule has 0 saturated heterocycles. The minimum Gasteiger partial charge on any atom is -0.508 e. The number of benzene rings is 2. The SMILES string of the molecule is N#Cc1ccc(S(=O)(=O)Nc2ccc(O)cc2)cc1. The number of sulfonamides is 1. The lowest BCUT2D eigenvalue weighted by Crippen LogP contribution is -2.12. The van der Waals surface area contributed by atoms with Crippen LogP contribution in [0.2, 0.25) is 0 Å². The van der Waals surface area contributed by atoms with Crippen molar-refractivity contribution >= 4 is 15.7 Å². The Labute approximate surface area is 110 Å². The molecule has 6 heteroatoms. The van der Waals surface area contributed by atoms with Crippen molar-refractivity contribution in [1.29, 1.82) is 5.26 Å². The van der Waals surface area contributed by atoms with Gasteiger partial charge in [0.05, 0.1) is 16.5 Å². The van der Waals surface area contributed by atoms with E-state index in [1.54, 1.807) is 0 Å². The van der Waals surface area contributed by atoms with Crippen molar-refractivity contribution in [3.63, 3.8) is 0 Å². The Hall–Kier alpha value is -2.52. The van der Waals surface area contributed by atoms with Crippen molar-refractivity contribution < 1.29 is 13.5 Å². The topological polar surface area (TPSA) is 90.2 Å². The standard InChI is InChI=1S/C13H10N2O3S/c14-9-10-1-7-13(8-2-10)19(17,18)15-11-3-5-12(16)6-4-11/h1-8,15-16H. The van der Waals surface area contributed by atoms with Gasteiger partial charge in [-0.15, -0.1) is 0 Å². The van der Waals surface area contributed by atoms with Crippen LogP contribution >= 0.6 is 0 Å². The second-order valence-electron chi connectivity index (χ2n) is 3.79. The zero-order valence-corrected chi connectivity index (χ0v) is 10.6. The molecule has 2 N–H and O–H groups in total. The number of nitrogens with zero attached hydrogens (tertiary/aromatic N) is 1. The van der Waals surface area contributed by atoms with Crippen LogP contribution in [0.3, 0.4) is 0 Å². The number of nitrogens with one attached hydrogen (secondary N) is 1. The smallest absolute Gasteiger partial charge is 0.261 e. The molecule has 96 valence electrons. The van der Waals surface area contributed by atoms with Crippen molar-refractivity contribution in [3.05, 3.63) is 54.1 Å². The van der Waals surface area contributed by atoms with Crippen LogP contribution in [0.25, 0.3) is 0 Å². The molecule has 0 aliphatic rings. The molecule has 0 unspecified atom stereocenters. The van der Waals surface area contributed by atoms with E-state index in [4.69, 9.17) is 10.4 Å². The summed E-state index contributed by atoms with van der Waals surface area (Å²) in [7, 11) is -3.69. The predicted molar refractivity (Wildman–Crippen MR) is 70.1 cm³/mol. The number of aromatic hydroxyl groups is 1. The summed E-state index contributed by atoms with van der Waals surface area (Å²) in [6.07, 6.45) is 0. The van der Waals surface area contributed by atoms with Crippen molar-refractivity contribution in [1.82, 2.24) is 0 Å². The van der Waals surface area contributed by atoms with Crippen LogP contribution in [0, 0.1) is 11.3 Å². The Morgan fingerprint density at radius 2 is 1.58 bits per heavy atom. The lowest BCUT2D eigenvalue weighted by Gasteiger charge is -2.08. The number of anilines is 1. The maximum atomic E-state index is 12.0. The number of nitriles is 1. The van der Waals surface area contributed by atoms with E-state index in [0.717, 1.165) is 0 Å². The molecule has 0 aromatic heterocycles. The van der Waals surface area contributed by atoms with Gasteiger partial charge >= 0.3 is 0 Å². The molecule has 2 rings (SSSR count). The molecule has 0 aliphatic carbocycles. The van der Waals surface area contributed by atoms with Gasteiger partial charge in [0.25, 0.3) is 10.0 Å². The van der Waals surface area contributed by atoms with E-state index in [0.29, 0.717) is 11.3 Å². The van der Waals surface area contributed by atoms with Gasteiger partial charge in [-0.25, -0.2) is 8.42 Å². The number of phenolic OH excluding ortho intramolecular Hbond substituents is 1. The predicted octanol–water partition coefficient (Wildman–Crippen LogP) is 2.06. The van der Waals surface area contributed by atoms with Crippen molar-refractivity contribution in [2.75, 3.05) is 4.72 Å². The highest BCUT2D eigenvalue weighted by Crippen LogP contribution is 2.18. The molecule has 0 amide bonds. The van der Waals surface area contributed by atoms with E-state index in [-0.39, 0.29) is 10.6 Å². The average molecular weight is 274 g/mol. The largest absolute Gasteiger partial charge is 0.508 e. The maximum absolute atomic E-state index is 12.0. The third-order valence-electron chi connectivity index (χ3n) is 2.41. The van der Waals surface area contributed by atoms with Gasteiger partial charge in [0.15, 0.2) is 0 Å². The van der Waals surface area contributed by atoms with Gasteiger partial charge in [-0.05, 0) is 48.5 Å². The van der Waals surface area contributed by atoms with Gasteiger partial charge in [0, 0.05) is 5.69 Å². The fourth-order valence-corrected chi connectivity index (χ4v) is 2.51. The monoisotopic (exact) mass is 274 g/mol. The summed E-state index contributed by atoms with van der Waals surface area (Å²) in [4.78, 5) is 0.0691. The van der Waals surface area contributed by atoms with Gasteiger partial charge in [0.1, 0.15) is 5.75 Å². The van der Waals surface area contributed by atoms with E-state index in [1.807, 2.05) is 6.07 Å². The van der Waals surface area contributed by atoms with Crippen molar-refractivity contribution in [2.45, 2.75) is 4.90 Å². The summed E-state index contributed by atoms with van der Waals surface area (Å²) in [6, 6.07) is 13.2. The summed E-state index contributed by atoms with van der Waals surface area (Å²) < 4.78 is 26.4. The molecule has 0 spiro atoms. The highest BCUT2D eigenvalue weighted by atomic mass is 32.2. The fourth-order valence-electron chi connectivity index (χ4n) is 1.45. The Bertz CT molecular complexity index is 714. The minimum absolute atomic E-state index is 0.0568. The lowest BCUT2D eigenvalue weighted by atomic mass is 10.2. The van der Waals surface area contributed by atoms with Crippen LogP contribution in [-0.2, 0) is 10.0 Å². The van der Waals surface area contributed by atoms with Crippen molar-refractivity contribution in [3.8, 4) is 11.8 Å². The Kier molecular flexibility index (Phi) is 3.40. The third kappa shape index (κ3) is 3.03. The first-order valence-electron chi connectivity index (χ1n) is 5.33. The van der Waals surface area contributed by atoms with Gasteiger partial charge in [-0.2, -0.15) is 5.26 Å². The molecule has 0 bridgehead atoms. The molecule has 0 fully saturated rings. The van der Waals surface area contributed by atoms with E-state index < -0.39 is 10.0 Å². The number of hydrogen-bond donors (Lipinski definition) is 2. The first-order valence-corrected chi connectivity index (χ1v) is 6.81. The van der Waals surface area contributed by atoms with E-state index in [9.17, 15) is 8.42 Å². The molecule has 2 aromatic carbocycles. The lowest BCUT2D eigenvalue weighted by molar-refractivity contribution is 0.475. The molecule has 19 heavy (non-hydrogen) atoms. The van der Waals surface area contributed by atoms with Gasteiger partial charge < -0.3 is 5.11 Å². The van der Waals surface area contributed by atoms with Gasteiger partial charge in [-0.3, -0.25) is 4.72 Å². The highest BCUT2D eigenvalue weighted by molar-refractivity contribution is 7.92. The van der Waals surface area contributed by atoms with Gasteiger partial charge in [0.2, 0.25) is 0 Å². The quantitative estimate of drug-likeness (QED) is 0.838. The van der Waals surface area contributed by atoms with Crippen LogP contribution in [0.5, 0.6) is 5.75 Å². The Morgan fingerprint density at radius 1 is 1.00 bits per heavy atom. The number of hydrogen-bond acceptors (Lipinski definition) is 4. The van der Waals surface area contributed by atoms with E-state index in [2.05, 4.69) is 4.72 Å². The summed E-state index contributed by atoms with van der Waals surface area (Å²) in [5.41, 5.74) is 0.741. The minimum atomic E-state index is -3.69.